The van der Waals surface area contributed by atoms with Crippen LogP contribution in [0.1, 0.15) is 11.1 Å². The molecule has 5 aromatic rings. The Hall–Kier alpha value is -3.65. The number of benzene rings is 3. The second-order valence-electron chi connectivity index (χ2n) is 9.85. The number of hydrogen-bond acceptors (Lipinski definition) is 6. The largest absolute Gasteiger partial charge is 0.493 e. The van der Waals surface area contributed by atoms with Crippen LogP contribution < -0.4 is 9.47 Å². The fraction of sp³-hybridized carbons (Fsp3) is 0.290. The van der Waals surface area contributed by atoms with Gasteiger partial charge in [-0.05, 0) is 61.9 Å². The summed E-state index contributed by atoms with van der Waals surface area (Å²) >= 11 is 6.54. The molecule has 39 heavy (non-hydrogen) atoms. The third-order valence-electron chi connectivity index (χ3n) is 7.34. The first-order valence-electron chi connectivity index (χ1n) is 13.2. The van der Waals surface area contributed by atoms with Gasteiger partial charge in [-0.2, -0.15) is 5.10 Å². The zero-order valence-electron chi connectivity index (χ0n) is 22.4. The van der Waals surface area contributed by atoms with Gasteiger partial charge in [0, 0.05) is 47.2 Å². The summed E-state index contributed by atoms with van der Waals surface area (Å²) in [5, 5.41) is 7.84. The maximum atomic E-state index is 6.54. The van der Waals surface area contributed by atoms with E-state index in [0.717, 1.165) is 82.7 Å². The van der Waals surface area contributed by atoms with Crippen molar-refractivity contribution in [3.05, 3.63) is 76.9 Å². The van der Waals surface area contributed by atoms with Crippen LogP contribution in [-0.4, -0.2) is 66.2 Å². The summed E-state index contributed by atoms with van der Waals surface area (Å²) in [6, 6.07) is 18.2. The van der Waals surface area contributed by atoms with E-state index in [0.29, 0.717) is 23.1 Å². The van der Waals surface area contributed by atoms with E-state index in [1.165, 1.54) is 0 Å². The van der Waals surface area contributed by atoms with E-state index < -0.39 is 0 Å². The molecule has 1 fully saturated rings. The Morgan fingerprint density at radius 2 is 1.82 bits per heavy atom. The van der Waals surface area contributed by atoms with Gasteiger partial charge in [-0.15, -0.1) is 0 Å². The van der Waals surface area contributed by atoms with Crippen molar-refractivity contribution in [3.8, 4) is 28.4 Å². The minimum atomic E-state index is 0.580. The van der Waals surface area contributed by atoms with Gasteiger partial charge in [0.1, 0.15) is 12.3 Å². The van der Waals surface area contributed by atoms with Gasteiger partial charge in [0.2, 0.25) is 0 Å². The molecule has 8 heteroatoms. The third kappa shape index (κ3) is 4.93. The van der Waals surface area contributed by atoms with Gasteiger partial charge in [-0.25, -0.2) is 4.68 Å². The first kappa shape index (κ1) is 25.6. The van der Waals surface area contributed by atoms with E-state index >= 15 is 0 Å². The highest BCUT2D eigenvalue weighted by Crippen LogP contribution is 2.38. The maximum absolute atomic E-state index is 6.54. The lowest BCUT2D eigenvalue weighted by Gasteiger charge is -2.26. The molecule has 3 heterocycles. The predicted molar refractivity (Wildman–Crippen MR) is 156 cm³/mol. The topological polar surface area (TPSA) is 61.6 Å². The van der Waals surface area contributed by atoms with E-state index in [-0.39, 0.29) is 0 Å². The second-order valence-corrected chi connectivity index (χ2v) is 10.3. The molecular formula is C31H31ClN4O3. The summed E-state index contributed by atoms with van der Waals surface area (Å²) in [5.41, 5.74) is 6.71. The van der Waals surface area contributed by atoms with E-state index in [4.69, 9.17) is 35.9 Å². The Balaban J connectivity index is 1.43. The van der Waals surface area contributed by atoms with Crippen molar-refractivity contribution >= 4 is 33.4 Å². The number of hydrogen-bond donors (Lipinski definition) is 0. The molecule has 0 N–H and O–H groups in total. The van der Waals surface area contributed by atoms with Crippen LogP contribution in [-0.2, 0) is 4.74 Å². The number of ether oxygens (including phenoxy) is 3. The zero-order chi connectivity index (χ0) is 26.9. The summed E-state index contributed by atoms with van der Waals surface area (Å²) < 4.78 is 19.3. The van der Waals surface area contributed by atoms with Crippen LogP contribution in [0.5, 0.6) is 11.5 Å². The number of aromatic nitrogens is 3. The summed E-state index contributed by atoms with van der Waals surface area (Å²) in [5.74, 6) is 1.38. The first-order valence-corrected chi connectivity index (χ1v) is 13.6. The Kier molecular flexibility index (Phi) is 7.12. The van der Waals surface area contributed by atoms with Gasteiger partial charge >= 0.3 is 0 Å². The number of morpholine rings is 1. The smallest absolute Gasteiger partial charge is 0.161 e. The van der Waals surface area contributed by atoms with Gasteiger partial charge < -0.3 is 14.2 Å². The van der Waals surface area contributed by atoms with Crippen molar-refractivity contribution in [1.29, 1.82) is 0 Å². The molecule has 7 nitrogen and oxygen atoms in total. The number of pyridine rings is 1. The molecule has 0 bridgehead atoms. The van der Waals surface area contributed by atoms with Gasteiger partial charge in [-0.3, -0.25) is 9.88 Å². The molecule has 0 aliphatic carbocycles. The van der Waals surface area contributed by atoms with Gasteiger partial charge in [0.05, 0.1) is 37.0 Å². The van der Waals surface area contributed by atoms with Crippen molar-refractivity contribution in [1.82, 2.24) is 19.7 Å². The normalized spacial score (nSPS) is 14.3. The number of halogens is 1. The fourth-order valence-corrected chi connectivity index (χ4v) is 5.32. The van der Waals surface area contributed by atoms with E-state index in [1.54, 1.807) is 7.11 Å². The Bertz CT molecular complexity index is 1660. The van der Waals surface area contributed by atoms with Crippen LogP contribution in [0.25, 0.3) is 38.8 Å². The number of methoxy groups -OCH3 is 1. The summed E-state index contributed by atoms with van der Waals surface area (Å²) in [6.07, 6.45) is 1.91. The molecule has 1 aliphatic heterocycles. The Morgan fingerprint density at radius 1 is 0.974 bits per heavy atom. The molecule has 1 aliphatic rings. The van der Waals surface area contributed by atoms with Crippen LogP contribution >= 0.6 is 11.6 Å². The molecule has 1 saturated heterocycles. The summed E-state index contributed by atoms with van der Waals surface area (Å²) in [6.45, 7) is 8.96. The third-order valence-corrected chi connectivity index (χ3v) is 7.74. The summed E-state index contributed by atoms with van der Waals surface area (Å²) in [4.78, 5) is 7.13. The number of aryl methyl sites for hydroxylation is 1. The average Bonchev–Trinajstić information content (AvgIpc) is 3.35. The van der Waals surface area contributed by atoms with Crippen LogP contribution in [0, 0.1) is 13.8 Å². The molecule has 0 atom stereocenters. The molecule has 2 aromatic heterocycles. The number of fused-ring (bicyclic) bond motifs is 3. The highest BCUT2D eigenvalue weighted by molar-refractivity contribution is 6.31. The van der Waals surface area contributed by atoms with Gasteiger partial charge in [0.25, 0.3) is 0 Å². The highest BCUT2D eigenvalue weighted by Gasteiger charge is 2.20. The SMILES string of the molecule is COc1cc(-c2nn(-c3cccc(Cl)c3C)c3c2cnc2ccc(C)cc23)ccc1OCCN1CCOCC1. The van der Waals surface area contributed by atoms with Gasteiger partial charge in [0.15, 0.2) is 11.5 Å². The van der Waals surface area contributed by atoms with Crippen molar-refractivity contribution in [3.63, 3.8) is 0 Å². The maximum Gasteiger partial charge on any atom is 0.161 e. The van der Waals surface area contributed by atoms with Gasteiger partial charge in [-0.1, -0.05) is 29.3 Å². The molecule has 200 valence electrons. The summed E-state index contributed by atoms with van der Waals surface area (Å²) in [7, 11) is 1.66. The Morgan fingerprint density at radius 3 is 2.64 bits per heavy atom. The van der Waals surface area contributed by atoms with E-state index in [1.807, 2.05) is 54.2 Å². The zero-order valence-corrected chi connectivity index (χ0v) is 23.2. The minimum Gasteiger partial charge on any atom is -0.493 e. The van der Waals surface area contributed by atoms with Crippen molar-refractivity contribution in [2.24, 2.45) is 0 Å². The fourth-order valence-electron chi connectivity index (χ4n) is 5.15. The highest BCUT2D eigenvalue weighted by atomic mass is 35.5. The average molecular weight is 543 g/mol. The first-order chi connectivity index (χ1) is 19.0. The lowest BCUT2D eigenvalue weighted by Crippen LogP contribution is -2.38. The molecular weight excluding hydrogens is 512 g/mol. The van der Waals surface area contributed by atoms with Crippen LogP contribution in [0.4, 0.5) is 0 Å². The lowest BCUT2D eigenvalue weighted by molar-refractivity contribution is 0.0321. The number of rotatable bonds is 7. The van der Waals surface area contributed by atoms with Crippen molar-refractivity contribution in [2.75, 3.05) is 46.6 Å². The number of nitrogens with zero attached hydrogens (tertiary/aromatic N) is 4. The lowest BCUT2D eigenvalue weighted by atomic mass is 10.0. The standard InChI is InChI=1S/C31H31ClN4O3/c1-20-7-9-26-23(17-20)31-24(19-33-26)30(34-36(31)27-6-4-5-25(32)21(27)2)22-8-10-28(29(18-22)37-3)39-16-13-35-11-14-38-15-12-35/h4-10,17-19H,11-16H2,1-3H3. The van der Waals surface area contributed by atoms with Crippen LogP contribution in [0.3, 0.4) is 0 Å². The molecule has 6 rings (SSSR count). The van der Waals surface area contributed by atoms with Crippen molar-refractivity contribution < 1.29 is 14.2 Å². The molecule has 0 unspecified atom stereocenters. The molecule has 0 saturated carbocycles. The van der Waals surface area contributed by atoms with E-state index in [2.05, 4.69) is 30.0 Å². The molecule has 3 aromatic carbocycles. The molecule has 0 spiro atoms. The monoisotopic (exact) mass is 542 g/mol. The predicted octanol–water partition coefficient (Wildman–Crippen LogP) is 6.23. The second kappa shape index (κ2) is 10.8. The van der Waals surface area contributed by atoms with Crippen LogP contribution in [0.2, 0.25) is 5.02 Å². The molecule has 0 amide bonds. The minimum absolute atomic E-state index is 0.580. The van der Waals surface area contributed by atoms with E-state index in [9.17, 15) is 0 Å². The Labute approximate surface area is 232 Å². The van der Waals surface area contributed by atoms with Crippen LogP contribution in [0.15, 0.2) is 60.8 Å². The quantitative estimate of drug-likeness (QED) is 0.243. The van der Waals surface area contributed by atoms with Crippen molar-refractivity contribution in [2.45, 2.75) is 13.8 Å². The molecule has 0 radical (unpaired) electrons.